The molecular formula is C21H27F3N4O4. The Labute approximate surface area is 184 Å². The third-order valence-electron chi connectivity index (χ3n) is 4.61. The van der Waals surface area contributed by atoms with Crippen molar-refractivity contribution in [3.05, 3.63) is 47.8 Å². The number of rotatable bonds is 5. The fraction of sp³-hybridized carbons (Fsp3) is 0.476. The smallest absolute Gasteiger partial charge is 0.490 e. The minimum atomic E-state index is -5.08. The molecule has 1 aromatic carbocycles. The van der Waals surface area contributed by atoms with Crippen molar-refractivity contribution in [1.82, 2.24) is 19.6 Å². The summed E-state index contributed by atoms with van der Waals surface area (Å²) in [7, 11) is 4.12. The van der Waals surface area contributed by atoms with E-state index in [1.54, 1.807) is 0 Å². The van der Waals surface area contributed by atoms with Gasteiger partial charge in [-0.1, -0.05) is 6.07 Å². The first-order valence-electron chi connectivity index (χ1n) is 9.99. The average molecular weight is 456 g/mol. The third-order valence-corrected chi connectivity index (χ3v) is 4.61. The molecule has 11 heteroatoms. The predicted octanol–water partition coefficient (Wildman–Crippen LogP) is 2.75. The Kier molecular flexibility index (Phi) is 8.64. The number of carboxylic acid groups (broad SMARTS) is 1. The van der Waals surface area contributed by atoms with E-state index in [4.69, 9.17) is 14.6 Å². The maximum absolute atomic E-state index is 13.1. The first-order valence-corrected chi connectivity index (χ1v) is 9.99. The van der Waals surface area contributed by atoms with Crippen molar-refractivity contribution in [3.8, 4) is 5.75 Å². The van der Waals surface area contributed by atoms with Crippen LogP contribution in [0, 0.1) is 5.92 Å². The standard InChI is InChI=1S/C19H26N4O2.C2HF3O2/c1-4-25-18-7-5-6-16(10-18)19(24)22-12-15(11-21(2)3)13-23-17(14-22)8-9-20-23;3-2(4,5)1(6)7/h5-10,15H,4,11-14H2,1-3H3;(H,6,7). The summed E-state index contributed by atoms with van der Waals surface area (Å²) in [6, 6.07) is 9.43. The van der Waals surface area contributed by atoms with E-state index >= 15 is 0 Å². The number of alkyl halides is 3. The molecule has 0 spiro atoms. The van der Waals surface area contributed by atoms with Gasteiger partial charge in [0.05, 0.1) is 18.8 Å². The number of nitrogens with zero attached hydrogens (tertiary/aromatic N) is 4. The molecular weight excluding hydrogens is 429 g/mol. The maximum Gasteiger partial charge on any atom is 0.490 e. The number of carboxylic acids is 1. The van der Waals surface area contributed by atoms with Crippen LogP contribution in [0.1, 0.15) is 23.0 Å². The zero-order valence-corrected chi connectivity index (χ0v) is 18.2. The van der Waals surface area contributed by atoms with Gasteiger partial charge in [0.15, 0.2) is 0 Å². The van der Waals surface area contributed by atoms with Gasteiger partial charge in [-0.3, -0.25) is 9.48 Å². The molecule has 0 saturated heterocycles. The fourth-order valence-corrected chi connectivity index (χ4v) is 3.39. The number of amides is 1. The second kappa shape index (κ2) is 11.0. The Hall–Kier alpha value is -3.08. The van der Waals surface area contributed by atoms with Gasteiger partial charge in [-0.05, 0) is 45.3 Å². The molecule has 1 N–H and O–H groups in total. The summed E-state index contributed by atoms with van der Waals surface area (Å²) in [5.41, 5.74) is 1.75. The first-order chi connectivity index (χ1) is 15.0. The molecule has 1 aliphatic heterocycles. The number of ether oxygens (including phenoxy) is 1. The third kappa shape index (κ3) is 7.26. The van der Waals surface area contributed by atoms with Crippen LogP contribution in [0.3, 0.4) is 0 Å². The quantitative estimate of drug-likeness (QED) is 0.745. The SMILES string of the molecule is CCOc1cccc(C(=O)N2Cc3ccnn3CC(CN(C)C)C2)c1.O=C(O)C(F)(F)F. The zero-order valence-electron chi connectivity index (χ0n) is 18.2. The number of aromatic nitrogens is 2. The highest BCUT2D eigenvalue weighted by atomic mass is 19.4. The highest BCUT2D eigenvalue weighted by molar-refractivity contribution is 5.94. The topological polar surface area (TPSA) is 87.9 Å². The van der Waals surface area contributed by atoms with E-state index in [2.05, 4.69) is 24.1 Å². The lowest BCUT2D eigenvalue weighted by molar-refractivity contribution is -0.192. The normalized spacial score (nSPS) is 16.0. The van der Waals surface area contributed by atoms with Crippen molar-refractivity contribution in [2.24, 2.45) is 5.92 Å². The zero-order chi connectivity index (χ0) is 23.9. The molecule has 0 aliphatic carbocycles. The number of carbonyl (C=O) groups is 2. The van der Waals surface area contributed by atoms with E-state index in [1.807, 2.05) is 53.0 Å². The van der Waals surface area contributed by atoms with Crippen molar-refractivity contribution >= 4 is 11.9 Å². The number of halogens is 3. The molecule has 2 aromatic rings. The Morgan fingerprint density at radius 3 is 2.53 bits per heavy atom. The maximum atomic E-state index is 13.1. The summed E-state index contributed by atoms with van der Waals surface area (Å²) < 4.78 is 39.3. The lowest BCUT2D eigenvalue weighted by Gasteiger charge is -2.26. The molecule has 2 heterocycles. The molecule has 3 rings (SSSR count). The summed E-state index contributed by atoms with van der Waals surface area (Å²) in [4.78, 5) is 26.1. The molecule has 0 saturated carbocycles. The summed E-state index contributed by atoms with van der Waals surface area (Å²) in [6.45, 7) is 5.59. The van der Waals surface area contributed by atoms with Crippen LogP contribution < -0.4 is 4.74 Å². The average Bonchev–Trinajstić information content (AvgIpc) is 3.06. The van der Waals surface area contributed by atoms with Crippen LogP contribution in [0.4, 0.5) is 13.2 Å². The van der Waals surface area contributed by atoms with Gasteiger partial charge in [-0.25, -0.2) is 4.79 Å². The molecule has 32 heavy (non-hydrogen) atoms. The summed E-state index contributed by atoms with van der Waals surface area (Å²) in [5, 5.41) is 11.5. The molecule has 1 aromatic heterocycles. The molecule has 1 atom stereocenters. The van der Waals surface area contributed by atoms with E-state index < -0.39 is 12.1 Å². The summed E-state index contributed by atoms with van der Waals surface area (Å²) in [5.74, 6) is -1.64. The van der Waals surface area contributed by atoms with E-state index in [-0.39, 0.29) is 5.91 Å². The van der Waals surface area contributed by atoms with Crippen LogP contribution in [0.2, 0.25) is 0 Å². The van der Waals surface area contributed by atoms with Gasteiger partial charge in [0.25, 0.3) is 5.91 Å². The van der Waals surface area contributed by atoms with E-state index in [0.717, 1.165) is 31.1 Å². The van der Waals surface area contributed by atoms with Gasteiger partial charge in [0, 0.05) is 37.3 Å². The number of hydrogen-bond acceptors (Lipinski definition) is 5. The van der Waals surface area contributed by atoms with Gasteiger partial charge in [-0.2, -0.15) is 18.3 Å². The van der Waals surface area contributed by atoms with Gasteiger partial charge in [0.2, 0.25) is 0 Å². The largest absolute Gasteiger partial charge is 0.494 e. The monoisotopic (exact) mass is 456 g/mol. The van der Waals surface area contributed by atoms with Crippen molar-refractivity contribution in [1.29, 1.82) is 0 Å². The van der Waals surface area contributed by atoms with Crippen molar-refractivity contribution < 1.29 is 32.6 Å². The lowest BCUT2D eigenvalue weighted by Crippen LogP contribution is -2.37. The summed E-state index contributed by atoms with van der Waals surface area (Å²) in [6.07, 6.45) is -3.27. The van der Waals surface area contributed by atoms with Gasteiger partial charge in [-0.15, -0.1) is 0 Å². The molecule has 176 valence electrons. The first kappa shape index (κ1) is 25.2. The Balaban J connectivity index is 0.000000451. The van der Waals surface area contributed by atoms with Crippen LogP contribution in [0.25, 0.3) is 0 Å². The Morgan fingerprint density at radius 1 is 1.25 bits per heavy atom. The van der Waals surface area contributed by atoms with Crippen molar-refractivity contribution in [2.75, 3.05) is 33.8 Å². The van der Waals surface area contributed by atoms with Gasteiger partial charge in [0.1, 0.15) is 5.75 Å². The molecule has 0 radical (unpaired) electrons. The highest BCUT2D eigenvalue weighted by Crippen LogP contribution is 2.21. The number of benzene rings is 1. The summed E-state index contributed by atoms with van der Waals surface area (Å²) >= 11 is 0. The van der Waals surface area contributed by atoms with Gasteiger partial charge < -0.3 is 19.6 Å². The number of carbonyl (C=O) groups excluding carboxylic acids is 1. The lowest BCUT2D eigenvalue weighted by atomic mass is 10.1. The van der Waals surface area contributed by atoms with Crippen LogP contribution in [-0.2, 0) is 17.9 Å². The van der Waals surface area contributed by atoms with Crippen molar-refractivity contribution in [3.63, 3.8) is 0 Å². The van der Waals surface area contributed by atoms with Crippen molar-refractivity contribution in [2.45, 2.75) is 26.2 Å². The molecule has 1 aliphatic rings. The van der Waals surface area contributed by atoms with Gasteiger partial charge >= 0.3 is 12.1 Å². The Bertz CT molecular complexity index is 914. The van der Waals surface area contributed by atoms with E-state index in [9.17, 15) is 18.0 Å². The molecule has 8 nitrogen and oxygen atoms in total. The second-order valence-electron chi connectivity index (χ2n) is 7.58. The van der Waals surface area contributed by atoms with Crippen LogP contribution in [0.5, 0.6) is 5.75 Å². The molecule has 0 bridgehead atoms. The number of aliphatic carboxylic acids is 1. The van der Waals surface area contributed by atoms with E-state index in [1.165, 1.54) is 0 Å². The van der Waals surface area contributed by atoms with Crippen LogP contribution in [0.15, 0.2) is 36.5 Å². The van der Waals surface area contributed by atoms with E-state index in [0.29, 0.717) is 24.6 Å². The molecule has 1 amide bonds. The number of hydrogen-bond donors (Lipinski definition) is 1. The number of fused-ring (bicyclic) bond motifs is 1. The molecule has 0 fully saturated rings. The molecule has 1 unspecified atom stereocenters. The Morgan fingerprint density at radius 2 is 1.94 bits per heavy atom. The van der Waals surface area contributed by atoms with Crippen LogP contribution in [-0.4, -0.2) is 76.5 Å². The van der Waals surface area contributed by atoms with Crippen LogP contribution >= 0.6 is 0 Å². The highest BCUT2D eigenvalue weighted by Gasteiger charge is 2.38. The minimum absolute atomic E-state index is 0.0416. The second-order valence-corrected chi connectivity index (χ2v) is 7.58. The minimum Gasteiger partial charge on any atom is -0.494 e. The fourth-order valence-electron chi connectivity index (χ4n) is 3.39. The predicted molar refractivity (Wildman–Crippen MR) is 110 cm³/mol.